The molecule has 1 aromatic carbocycles. The number of methoxy groups -OCH3 is 2. The van der Waals surface area contributed by atoms with Crippen molar-refractivity contribution in [1.29, 1.82) is 0 Å². The molecular formula is C23H20N2O5S. The Labute approximate surface area is 183 Å². The average Bonchev–Trinajstić information content (AvgIpc) is 3.42. The summed E-state index contributed by atoms with van der Waals surface area (Å²) in [6, 6.07) is 11.3. The van der Waals surface area contributed by atoms with Crippen LogP contribution in [0.15, 0.2) is 71.6 Å². The van der Waals surface area contributed by atoms with Crippen LogP contribution in [-0.2, 0) is 11.3 Å². The second-order valence-corrected chi connectivity index (χ2v) is 7.82. The van der Waals surface area contributed by atoms with Crippen LogP contribution in [0.2, 0.25) is 0 Å². The number of hydrogen-bond acceptors (Lipinski definition) is 7. The summed E-state index contributed by atoms with van der Waals surface area (Å²) in [5.74, 6) is -0.569. The first-order valence-corrected chi connectivity index (χ1v) is 10.4. The second kappa shape index (κ2) is 8.61. The smallest absolute Gasteiger partial charge is 0.290 e. The Morgan fingerprint density at radius 3 is 2.68 bits per heavy atom. The fourth-order valence-corrected chi connectivity index (χ4v) is 4.33. The van der Waals surface area contributed by atoms with E-state index < -0.39 is 23.5 Å². The molecule has 2 aromatic heterocycles. The van der Waals surface area contributed by atoms with Crippen molar-refractivity contribution in [3.63, 3.8) is 0 Å². The zero-order valence-corrected chi connectivity index (χ0v) is 17.8. The number of pyridine rings is 1. The molecule has 0 aliphatic carbocycles. The Morgan fingerprint density at radius 1 is 1.19 bits per heavy atom. The zero-order chi connectivity index (χ0) is 22.0. The van der Waals surface area contributed by atoms with E-state index in [9.17, 15) is 14.7 Å². The van der Waals surface area contributed by atoms with Gasteiger partial charge in [0, 0.05) is 24.5 Å². The van der Waals surface area contributed by atoms with E-state index in [-0.39, 0.29) is 12.1 Å². The highest BCUT2D eigenvalue weighted by molar-refractivity contribution is 7.12. The molecule has 158 valence electrons. The van der Waals surface area contributed by atoms with Crippen molar-refractivity contribution in [1.82, 2.24) is 9.88 Å². The van der Waals surface area contributed by atoms with Gasteiger partial charge in [-0.3, -0.25) is 14.6 Å². The molecule has 0 saturated heterocycles. The van der Waals surface area contributed by atoms with E-state index in [0.29, 0.717) is 21.9 Å². The molecule has 0 bridgehead atoms. The van der Waals surface area contributed by atoms with E-state index >= 15 is 0 Å². The molecule has 3 aromatic rings. The van der Waals surface area contributed by atoms with Crippen LogP contribution in [0.1, 0.15) is 26.8 Å². The monoisotopic (exact) mass is 436 g/mol. The molecule has 1 N–H and O–H groups in total. The highest BCUT2D eigenvalue weighted by atomic mass is 32.1. The van der Waals surface area contributed by atoms with Gasteiger partial charge in [-0.25, -0.2) is 0 Å². The number of ketones is 1. The second-order valence-electron chi connectivity index (χ2n) is 6.87. The van der Waals surface area contributed by atoms with Gasteiger partial charge in [0.2, 0.25) is 5.78 Å². The van der Waals surface area contributed by atoms with Gasteiger partial charge in [0.25, 0.3) is 5.91 Å². The summed E-state index contributed by atoms with van der Waals surface area (Å²) in [7, 11) is 3.04. The van der Waals surface area contributed by atoms with E-state index in [1.54, 1.807) is 54.2 Å². The van der Waals surface area contributed by atoms with Crippen LogP contribution in [0.4, 0.5) is 0 Å². The van der Waals surface area contributed by atoms with E-state index in [1.807, 2.05) is 6.07 Å². The van der Waals surface area contributed by atoms with Gasteiger partial charge in [-0.05, 0) is 41.3 Å². The normalized spacial score (nSPS) is 16.0. The summed E-state index contributed by atoms with van der Waals surface area (Å²) < 4.78 is 10.9. The van der Waals surface area contributed by atoms with Crippen LogP contribution in [0, 0.1) is 0 Å². The van der Waals surface area contributed by atoms with Crippen molar-refractivity contribution in [3.8, 4) is 11.5 Å². The SMILES string of the molecule is COc1ccc(OC)c([C@H]2C(C(=O)c3cccs3)=C(O)C(=O)N2Cc2cccnc2)c1. The standard InChI is InChI=1S/C23H20N2O5S/c1-29-15-7-8-17(30-2)16(11-15)20-19(21(26)18-6-4-10-31-18)22(27)23(28)25(20)13-14-5-3-9-24-12-14/h3-12,20,27H,13H2,1-2H3/t20-/m0/s1. The van der Waals surface area contributed by atoms with E-state index in [0.717, 1.165) is 5.56 Å². The third kappa shape index (κ3) is 3.77. The minimum absolute atomic E-state index is 0.0166. The van der Waals surface area contributed by atoms with Crippen molar-refractivity contribution >= 4 is 23.0 Å². The Morgan fingerprint density at radius 2 is 2.03 bits per heavy atom. The van der Waals surface area contributed by atoms with E-state index in [1.165, 1.54) is 30.5 Å². The van der Waals surface area contributed by atoms with Gasteiger partial charge >= 0.3 is 0 Å². The molecular weight excluding hydrogens is 416 g/mol. The first-order valence-electron chi connectivity index (χ1n) is 9.48. The van der Waals surface area contributed by atoms with Crippen LogP contribution in [0.5, 0.6) is 11.5 Å². The Bertz CT molecular complexity index is 1140. The van der Waals surface area contributed by atoms with Crippen molar-refractivity contribution in [2.24, 2.45) is 0 Å². The van der Waals surface area contributed by atoms with Crippen LogP contribution in [0.25, 0.3) is 0 Å². The van der Waals surface area contributed by atoms with Crippen LogP contribution >= 0.6 is 11.3 Å². The minimum Gasteiger partial charge on any atom is -0.503 e. The molecule has 31 heavy (non-hydrogen) atoms. The van der Waals surface area contributed by atoms with Gasteiger partial charge in [-0.15, -0.1) is 11.3 Å². The predicted molar refractivity (Wildman–Crippen MR) is 115 cm³/mol. The first kappa shape index (κ1) is 20.6. The van der Waals surface area contributed by atoms with Gasteiger partial charge in [0.15, 0.2) is 5.76 Å². The third-order valence-electron chi connectivity index (χ3n) is 5.10. The van der Waals surface area contributed by atoms with Crippen molar-refractivity contribution < 1.29 is 24.2 Å². The van der Waals surface area contributed by atoms with Crippen LogP contribution < -0.4 is 9.47 Å². The number of ether oxygens (including phenoxy) is 2. The number of aromatic nitrogens is 1. The number of benzene rings is 1. The number of hydrogen-bond donors (Lipinski definition) is 1. The van der Waals surface area contributed by atoms with Crippen molar-refractivity contribution in [2.75, 3.05) is 14.2 Å². The minimum atomic E-state index is -0.854. The van der Waals surface area contributed by atoms with Gasteiger partial charge in [0.1, 0.15) is 11.5 Å². The summed E-state index contributed by atoms with van der Waals surface area (Å²) in [5.41, 5.74) is 1.33. The molecule has 1 atom stereocenters. The Hall–Kier alpha value is -3.65. The number of nitrogens with zero attached hydrogens (tertiary/aromatic N) is 2. The van der Waals surface area contributed by atoms with Crippen molar-refractivity contribution in [2.45, 2.75) is 12.6 Å². The van der Waals surface area contributed by atoms with Gasteiger partial charge in [-0.1, -0.05) is 12.1 Å². The Kier molecular flexibility index (Phi) is 5.73. The molecule has 8 heteroatoms. The maximum atomic E-state index is 13.3. The number of carbonyl (C=O) groups is 2. The lowest BCUT2D eigenvalue weighted by Gasteiger charge is -2.28. The number of amides is 1. The fourth-order valence-electron chi connectivity index (χ4n) is 3.65. The molecule has 7 nitrogen and oxygen atoms in total. The topological polar surface area (TPSA) is 89.0 Å². The largest absolute Gasteiger partial charge is 0.503 e. The maximum absolute atomic E-state index is 13.3. The number of Topliss-reactive ketones (excluding diaryl/α,β-unsaturated/α-hetero) is 1. The summed E-state index contributed by atoms with van der Waals surface area (Å²) in [6.07, 6.45) is 3.28. The van der Waals surface area contributed by atoms with Gasteiger partial charge < -0.3 is 19.5 Å². The highest BCUT2D eigenvalue weighted by Crippen LogP contribution is 2.44. The van der Waals surface area contributed by atoms with Crippen LogP contribution in [-0.4, -0.2) is 40.9 Å². The number of carbonyl (C=O) groups excluding carboxylic acids is 2. The first-order chi connectivity index (χ1) is 15.0. The lowest BCUT2D eigenvalue weighted by Crippen LogP contribution is -2.31. The van der Waals surface area contributed by atoms with Crippen molar-refractivity contribution in [3.05, 3.63) is 87.6 Å². The molecule has 1 aliphatic rings. The highest BCUT2D eigenvalue weighted by Gasteiger charge is 2.45. The molecule has 0 unspecified atom stereocenters. The van der Waals surface area contributed by atoms with E-state index in [2.05, 4.69) is 4.98 Å². The molecule has 1 amide bonds. The molecule has 4 rings (SSSR count). The molecule has 3 heterocycles. The third-order valence-corrected chi connectivity index (χ3v) is 5.97. The maximum Gasteiger partial charge on any atom is 0.290 e. The summed E-state index contributed by atoms with van der Waals surface area (Å²) in [6.45, 7) is 0.156. The lowest BCUT2D eigenvalue weighted by molar-refractivity contribution is -0.130. The summed E-state index contributed by atoms with van der Waals surface area (Å²) >= 11 is 1.25. The molecule has 0 radical (unpaired) electrons. The lowest BCUT2D eigenvalue weighted by atomic mass is 9.94. The van der Waals surface area contributed by atoms with Gasteiger partial charge in [0.05, 0.1) is 30.7 Å². The number of thiophene rings is 1. The quantitative estimate of drug-likeness (QED) is 0.565. The molecule has 0 saturated carbocycles. The summed E-state index contributed by atoms with van der Waals surface area (Å²) in [4.78, 5) is 32.4. The Balaban J connectivity index is 1.87. The predicted octanol–water partition coefficient (Wildman–Crippen LogP) is 3.94. The van der Waals surface area contributed by atoms with Gasteiger partial charge in [-0.2, -0.15) is 0 Å². The fraction of sp³-hybridized carbons (Fsp3) is 0.174. The molecule has 1 aliphatic heterocycles. The number of aliphatic hydroxyl groups excluding tert-OH is 1. The number of aliphatic hydroxyl groups is 1. The summed E-state index contributed by atoms with van der Waals surface area (Å²) in [5, 5.41) is 12.6. The molecule has 0 spiro atoms. The zero-order valence-electron chi connectivity index (χ0n) is 16.9. The average molecular weight is 436 g/mol. The molecule has 0 fully saturated rings. The number of rotatable bonds is 7. The van der Waals surface area contributed by atoms with E-state index in [4.69, 9.17) is 9.47 Å². The van der Waals surface area contributed by atoms with Crippen LogP contribution in [0.3, 0.4) is 0 Å².